The average Bonchev–Trinajstić information content (AvgIpc) is 2.78. The largest absolute Gasteiger partial charge is 0.337 e. The van der Waals surface area contributed by atoms with E-state index >= 15 is 0 Å². The van der Waals surface area contributed by atoms with E-state index in [1.54, 1.807) is 6.20 Å². The van der Waals surface area contributed by atoms with Crippen LogP contribution in [0.4, 0.5) is 0 Å². The van der Waals surface area contributed by atoms with Crippen molar-refractivity contribution >= 4 is 17.7 Å². The number of carbonyl (C=O) groups is 1. The van der Waals surface area contributed by atoms with Crippen LogP contribution in [0.2, 0.25) is 0 Å². The lowest BCUT2D eigenvalue weighted by Gasteiger charge is -2.25. The van der Waals surface area contributed by atoms with Gasteiger partial charge in [-0.1, -0.05) is 0 Å². The normalized spacial score (nSPS) is 16.8. The minimum absolute atomic E-state index is 0.118. The van der Waals surface area contributed by atoms with Crippen molar-refractivity contribution in [3.05, 3.63) is 18.0 Å². The molecule has 0 spiro atoms. The van der Waals surface area contributed by atoms with E-state index in [0.29, 0.717) is 11.6 Å². The zero-order valence-corrected chi connectivity index (χ0v) is 10.5. The second-order valence-corrected chi connectivity index (χ2v) is 5.43. The van der Waals surface area contributed by atoms with Gasteiger partial charge in [-0.05, 0) is 13.8 Å². The third kappa shape index (κ3) is 2.40. The van der Waals surface area contributed by atoms with Crippen molar-refractivity contribution in [2.75, 3.05) is 24.6 Å². The van der Waals surface area contributed by atoms with E-state index in [2.05, 4.69) is 18.9 Å². The van der Waals surface area contributed by atoms with Gasteiger partial charge in [-0.15, -0.1) is 0 Å². The highest BCUT2D eigenvalue weighted by atomic mass is 32.2. The van der Waals surface area contributed by atoms with Crippen LogP contribution < -0.4 is 0 Å². The maximum Gasteiger partial charge on any atom is 0.257 e. The molecular formula is C11H17N3OS. The molecule has 1 aliphatic heterocycles. The molecule has 1 amide bonds. The number of carbonyl (C=O) groups excluding carboxylic acids is 1. The second kappa shape index (κ2) is 4.91. The summed E-state index contributed by atoms with van der Waals surface area (Å²) in [4.78, 5) is 14.0. The standard InChI is InChI=1S/C11H17N3OS/c1-9(2)14-8-10(7-12-14)11(15)13-3-5-16-6-4-13/h7-9H,3-6H2,1-2H3. The summed E-state index contributed by atoms with van der Waals surface area (Å²) in [7, 11) is 0. The SMILES string of the molecule is CC(C)n1cc(C(=O)N2CCSCC2)cn1. The number of rotatable bonds is 2. The fourth-order valence-electron chi connectivity index (χ4n) is 1.68. The Hall–Kier alpha value is -0.970. The van der Waals surface area contributed by atoms with Crippen molar-refractivity contribution in [3.8, 4) is 0 Å². The summed E-state index contributed by atoms with van der Waals surface area (Å²) in [6.45, 7) is 5.82. The van der Waals surface area contributed by atoms with Crippen molar-refractivity contribution in [1.29, 1.82) is 0 Å². The van der Waals surface area contributed by atoms with E-state index in [1.165, 1.54) is 0 Å². The molecule has 2 heterocycles. The first-order valence-corrected chi connectivity index (χ1v) is 6.75. The maximum absolute atomic E-state index is 12.1. The van der Waals surface area contributed by atoms with Crippen LogP contribution in [-0.2, 0) is 0 Å². The molecule has 0 unspecified atom stereocenters. The molecule has 1 aliphatic rings. The molecule has 0 bridgehead atoms. The second-order valence-electron chi connectivity index (χ2n) is 4.21. The Morgan fingerprint density at radius 1 is 1.44 bits per heavy atom. The number of nitrogens with zero attached hydrogens (tertiary/aromatic N) is 3. The molecule has 16 heavy (non-hydrogen) atoms. The quantitative estimate of drug-likeness (QED) is 0.787. The number of thioether (sulfide) groups is 1. The van der Waals surface area contributed by atoms with E-state index in [0.717, 1.165) is 24.6 Å². The first-order chi connectivity index (χ1) is 7.68. The first kappa shape index (κ1) is 11.5. The summed E-state index contributed by atoms with van der Waals surface area (Å²) in [5.41, 5.74) is 0.709. The lowest BCUT2D eigenvalue weighted by molar-refractivity contribution is 0.0772. The molecule has 4 nitrogen and oxygen atoms in total. The molecule has 1 aromatic rings. The minimum atomic E-state index is 0.118. The highest BCUT2D eigenvalue weighted by Crippen LogP contribution is 2.13. The molecule has 2 rings (SSSR count). The predicted octanol–water partition coefficient (Wildman–Crippen LogP) is 1.65. The highest BCUT2D eigenvalue weighted by molar-refractivity contribution is 7.99. The molecule has 0 saturated carbocycles. The van der Waals surface area contributed by atoms with E-state index in [1.807, 2.05) is 27.5 Å². The molecule has 1 fully saturated rings. The van der Waals surface area contributed by atoms with E-state index in [9.17, 15) is 4.79 Å². The zero-order chi connectivity index (χ0) is 11.5. The summed E-state index contributed by atoms with van der Waals surface area (Å²) in [5, 5.41) is 4.20. The van der Waals surface area contributed by atoms with Gasteiger partial charge in [0.05, 0.1) is 11.8 Å². The Bertz CT molecular complexity index is 369. The summed E-state index contributed by atoms with van der Waals surface area (Å²) in [6, 6.07) is 0.304. The van der Waals surface area contributed by atoms with Gasteiger partial charge in [0.15, 0.2) is 0 Å². The van der Waals surface area contributed by atoms with E-state index in [-0.39, 0.29) is 5.91 Å². The average molecular weight is 239 g/mol. The fraction of sp³-hybridized carbons (Fsp3) is 0.636. The molecule has 0 aliphatic carbocycles. The lowest BCUT2D eigenvalue weighted by atomic mass is 10.3. The minimum Gasteiger partial charge on any atom is -0.337 e. The van der Waals surface area contributed by atoms with Gasteiger partial charge in [0.2, 0.25) is 0 Å². The van der Waals surface area contributed by atoms with Gasteiger partial charge in [0.25, 0.3) is 5.91 Å². The molecule has 88 valence electrons. The van der Waals surface area contributed by atoms with Gasteiger partial charge in [0.1, 0.15) is 0 Å². The summed E-state index contributed by atoms with van der Waals surface area (Å²) >= 11 is 1.91. The van der Waals surface area contributed by atoms with Crippen molar-refractivity contribution in [2.24, 2.45) is 0 Å². The van der Waals surface area contributed by atoms with Crippen LogP contribution in [0.3, 0.4) is 0 Å². The molecule has 0 atom stereocenters. The molecule has 0 radical (unpaired) electrons. The van der Waals surface area contributed by atoms with Gasteiger partial charge in [-0.25, -0.2) is 0 Å². The summed E-state index contributed by atoms with van der Waals surface area (Å²) in [6.07, 6.45) is 3.51. The van der Waals surface area contributed by atoms with E-state index < -0.39 is 0 Å². The van der Waals surface area contributed by atoms with Crippen molar-refractivity contribution in [1.82, 2.24) is 14.7 Å². The highest BCUT2D eigenvalue weighted by Gasteiger charge is 2.19. The van der Waals surface area contributed by atoms with Crippen LogP contribution in [0.25, 0.3) is 0 Å². The molecule has 0 N–H and O–H groups in total. The maximum atomic E-state index is 12.1. The molecule has 5 heteroatoms. The Morgan fingerprint density at radius 2 is 2.12 bits per heavy atom. The van der Waals surface area contributed by atoms with Gasteiger partial charge in [-0.3, -0.25) is 9.48 Å². The van der Waals surface area contributed by atoms with Crippen LogP contribution in [-0.4, -0.2) is 45.2 Å². The molecule has 1 aromatic heterocycles. The lowest BCUT2D eigenvalue weighted by Crippen LogP contribution is -2.37. The Kier molecular flexibility index (Phi) is 3.53. The van der Waals surface area contributed by atoms with Crippen LogP contribution in [0, 0.1) is 0 Å². The van der Waals surface area contributed by atoms with Gasteiger partial charge < -0.3 is 4.90 Å². The van der Waals surface area contributed by atoms with Crippen LogP contribution in [0.15, 0.2) is 12.4 Å². The summed E-state index contributed by atoms with van der Waals surface area (Å²) < 4.78 is 1.83. The topological polar surface area (TPSA) is 38.1 Å². The molecule has 0 aromatic carbocycles. The third-order valence-corrected chi connectivity index (χ3v) is 3.62. The monoisotopic (exact) mass is 239 g/mol. The van der Waals surface area contributed by atoms with Crippen LogP contribution >= 0.6 is 11.8 Å². The summed E-state index contributed by atoms with van der Waals surface area (Å²) in [5.74, 6) is 2.21. The Balaban J connectivity index is 2.07. The van der Waals surface area contributed by atoms with Crippen molar-refractivity contribution in [2.45, 2.75) is 19.9 Å². The Morgan fingerprint density at radius 3 is 2.69 bits per heavy atom. The van der Waals surface area contributed by atoms with E-state index in [4.69, 9.17) is 0 Å². The van der Waals surface area contributed by atoms with Crippen molar-refractivity contribution in [3.63, 3.8) is 0 Å². The van der Waals surface area contributed by atoms with Crippen molar-refractivity contribution < 1.29 is 4.79 Å². The molecular weight excluding hydrogens is 222 g/mol. The Labute approximate surface area is 100.0 Å². The predicted molar refractivity (Wildman–Crippen MR) is 65.8 cm³/mol. The van der Waals surface area contributed by atoms with Crippen LogP contribution in [0.5, 0.6) is 0 Å². The third-order valence-electron chi connectivity index (χ3n) is 2.68. The van der Waals surface area contributed by atoms with Crippen LogP contribution in [0.1, 0.15) is 30.2 Å². The molecule has 1 saturated heterocycles. The van der Waals surface area contributed by atoms with Gasteiger partial charge in [0, 0.05) is 36.8 Å². The number of hydrogen-bond donors (Lipinski definition) is 0. The zero-order valence-electron chi connectivity index (χ0n) is 9.72. The van der Waals surface area contributed by atoms with Gasteiger partial charge >= 0.3 is 0 Å². The number of amides is 1. The number of aromatic nitrogens is 2. The number of hydrogen-bond acceptors (Lipinski definition) is 3. The smallest absolute Gasteiger partial charge is 0.257 e. The van der Waals surface area contributed by atoms with Gasteiger partial charge in [-0.2, -0.15) is 16.9 Å². The first-order valence-electron chi connectivity index (χ1n) is 5.59. The fourth-order valence-corrected chi connectivity index (χ4v) is 2.58.